The van der Waals surface area contributed by atoms with Crippen molar-refractivity contribution in [2.75, 3.05) is 19.5 Å². The lowest BCUT2D eigenvalue weighted by Crippen LogP contribution is -2.12. The number of carbonyl (C=O) groups is 1. The predicted molar refractivity (Wildman–Crippen MR) is 106 cm³/mol. The minimum Gasteiger partial charge on any atom is -0.497 e. The SMILES string of the molecule is COc1cc(OC)cc(C(=O)Nc2nnc(C[C@H](C)c3ccccc3)s2)c1. The van der Waals surface area contributed by atoms with Crippen molar-refractivity contribution in [2.45, 2.75) is 19.3 Å². The third kappa shape index (κ3) is 4.83. The molecule has 2 aromatic carbocycles. The first-order valence-electron chi connectivity index (χ1n) is 8.50. The van der Waals surface area contributed by atoms with Gasteiger partial charge in [0.15, 0.2) is 0 Å². The Kier molecular flexibility index (Phi) is 6.03. The second-order valence-electron chi connectivity index (χ2n) is 6.07. The van der Waals surface area contributed by atoms with Gasteiger partial charge < -0.3 is 9.47 Å². The Balaban J connectivity index is 1.68. The number of benzene rings is 2. The highest BCUT2D eigenvalue weighted by atomic mass is 32.1. The molecule has 0 bridgehead atoms. The van der Waals surface area contributed by atoms with Crippen molar-refractivity contribution in [1.82, 2.24) is 10.2 Å². The molecule has 0 unspecified atom stereocenters. The molecule has 0 fully saturated rings. The van der Waals surface area contributed by atoms with Crippen LogP contribution in [0.25, 0.3) is 0 Å². The molecular weight excluding hydrogens is 362 g/mol. The van der Waals surface area contributed by atoms with Crippen molar-refractivity contribution < 1.29 is 14.3 Å². The largest absolute Gasteiger partial charge is 0.497 e. The summed E-state index contributed by atoms with van der Waals surface area (Å²) in [5, 5.41) is 12.4. The zero-order chi connectivity index (χ0) is 19.2. The maximum atomic E-state index is 12.5. The number of rotatable bonds is 7. The number of anilines is 1. The predicted octanol–water partition coefficient (Wildman–Crippen LogP) is 4.15. The summed E-state index contributed by atoms with van der Waals surface area (Å²) in [6, 6.07) is 15.3. The molecule has 0 saturated heterocycles. The van der Waals surface area contributed by atoms with Gasteiger partial charge in [-0.1, -0.05) is 48.6 Å². The Hall–Kier alpha value is -2.93. The van der Waals surface area contributed by atoms with E-state index in [4.69, 9.17) is 9.47 Å². The summed E-state index contributed by atoms with van der Waals surface area (Å²) in [6.07, 6.45) is 0.768. The molecule has 3 aromatic rings. The van der Waals surface area contributed by atoms with Gasteiger partial charge in [-0.25, -0.2) is 0 Å². The van der Waals surface area contributed by atoms with Gasteiger partial charge in [0.1, 0.15) is 16.5 Å². The molecule has 0 aliphatic carbocycles. The highest BCUT2D eigenvalue weighted by Gasteiger charge is 2.15. The van der Waals surface area contributed by atoms with Crippen molar-refractivity contribution in [3.63, 3.8) is 0 Å². The lowest BCUT2D eigenvalue weighted by atomic mass is 9.98. The van der Waals surface area contributed by atoms with Crippen LogP contribution in [-0.2, 0) is 6.42 Å². The molecule has 1 N–H and O–H groups in total. The summed E-state index contributed by atoms with van der Waals surface area (Å²) in [7, 11) is 3.09. The lowest BCUT2D eigenvalue weighted by Gasteiger charge is -2.09. The van der Waals surface area contributed by atoms with E-state index in [1.807, 2.05) is 18.2 Å². The highest BCUT2D eigenvalue weighted by molar-refractivity contribution is 7.15. The van der Waals surface area contributed by atoms with Crippen LogP contribution in [0.4, 0.5) is 5.13 Å². The number of aromatic nitrogens is 2. The van der Waals surface area contributed by atoms with Crippen LogP contribution in [0, 0.1) is 0 Å². The molecule has 1 amide bonds. The van der Waals surface area contributed by atoms with Crippen molar-refractivity contribution in [1.29, 1.82) is 0 Å². The van der Waals surface area contributed by atoms with Crippen LogP contribution in [-0.4, -0.2) is 30.3 Å². The number of nitrogens with one attached hydrogen (secondary N) is 1. The van der Waals surface area contributed by atoms with Crippen LogP contribution >= 0.6 is 11.3 Å². The molecule has 0 saturated carbocycles. The topological polar surface area (TPSA) is 73.3 Å². The van der Waals surface area contributed by atoms with Gasteiger partial charge in [-0.05, 0) is 23.6 Å². The second-order valence-corrected chi connectivity index (χ2v) is 7.13. The molecule has 0 aliphatic rings. The van der Waals surface area contributed by atoms with E-state index in [0.29, 0.717) is 28.1 Å². The van der Waals surface area contributed by atoms with Crippen LogP contribution in [0.5, 0.6) is 11.5 Å². The Labute approximate surface area is 162 Å². The molecule has 0 aliphatic heterocycles. The van der Waals surface area contributed by atoms with Gasteiger partial charge in [0.05, 0.1) is 14.2 Å². The van der Waals surface area contributed by atoms with Crippen LogP contribution in [0.2, 0.25) is 0 Å². The standard InChI is InChI=1S/C20H21N3O3S/c1-13(14-7-5-4-6-8-14)9-18-22-23-20(27-18)21-19(24)15-10-16(25-2)12-17(11-15)26-3/h4-8,10-13H,9H2,1-3H3,(H,21,23,24)/t13-/m0/s1. The minimum absolute atomic E-state index is 0.286. The molecule has 1 atom stereocenters. The van der Waals surface area contributed by atoms with Crippen LogP contribution in [0.15, 0.2) is 48.5 Å². The summed E-state index contributed by atoms with van der Waals surface area (Å²) in [5.41, 5.74) is 1.68. The third-order valence-corrected chi connectivity index (χ3v) is 5.01. The lowest BCUT2D eigenvalue weighted by molar-refractivity contribution is 0.102. The first-order chi connectivity index (χ1) is 13.1. The van der Waals surface area contributed by atoms with Gasteiger partial charge >= 0.3 is 0 Å². The smallest absolute Gasteiger partial charge is 0.257 e. The van der Waals surface area contributed by atoms with Crippen molar-refractivity contribution >= 4 is 22.4 Å². The number of ether oxygens (including phenoxy) is 2. The molecule has 1 heterocycles. The van der Waals surface area contributed by atoms with Crippen molar-refractivity contribution in [2.24, 2.45) is 0 Å². The monoisotopic (exact) mass is 383 g/mol. The zero-order valence-electron chi connectivity index (χ0n) is 15.4. The number of hydrogen-bond acceptors (Lipinski definition) is 6. The van der Waals surface area contributed by atoms with Gasteiger partial charge in [0.25, 0.3) is 5.91 Å². The Bertz CT molecular complexity index is 890. The molecule has 140 valence electrons. The third-order valence-electron chi connectivity index (χ3n) is 4.15. The van der Waals surface area contributed by atoms with E-state index < -0.39 is 0 Å². The zero-order valence-corrected chi connectivity index (χ0v) is 16.2. The fourth-order valence-electron chi connectivity index (χ4n) is 2.66. The summed E-state index contributed by atoms with van der Waals surface area (Å²) in [5.74, 6) is 1.14. The van der Waals surface area contributed by atoms with Crippen molar-refractivity contribution in [3.05, 3.63) is 64.7 Å². The number of nitrogens with zero attached hydrogens (tertiary/aromatic N) is 2. The molecule has 1 aromatic heterocycles. The average Bonchev–Trinajstić information content (AvgIpc) is 3.14. The van der Waals surface area contributed by atoms with Crippen LogP contribution in [0.1, 0.15) is 33.8 Å². The van der Waals surface area contributed by atoms with Crippen LogP contribution in [0.3, 0.4) is 0 Å². The van der Waals surface area contributed by atoms with E-state index in [1.54, 1.807) is 32.4 Å². The Morgan fingerprint density at radius 2 is 1.74 bits per heavy atom. The highest BCUT2D eigenvalue weighted by Crippen LogP contribution is 2.26. The molecule has 7 heteroatoms. The number of methoxy groups -OCH3 is 2. The van der Waals surface area contributed by atoms with E-state index in [0.717, 1.165) is 11.4 Å². The summed E-state index contributed by atoms with van der Waals surface area (Å²) in [4.78, 5) is 12.5. The van der Waals surface area contributed by atoms with Gasteiger partial charge in [-0.3, -0.25) is 10.1 Å². The molecule has 0 radical (unpaired) electrons. The fourth-order valence-corrected chi connectivity index (χ4v) is 3.52. The van der Waals surface area contributed by atoms with Crippen LogP contribution < -0.4 is 14.8 Å². The van der Waals surface area contributed by atoms with Crippen molar-refractivity contribution in [3.8, 4) is 11.5 Å². The summed E-state index contributed by atoms with van der Waals surface area (Å²) in [6.45, 7) is 2.15. The van der Waals surface area contributed by atoms with E-state index in [9.17, 15) is 4.79 Å². The normalized spacial score (nSPS) is 11.7. The summed E-state index contributed by atoms with van der Waals surface area (Å²) < 4.78 is 10.4. The number of hydrogen-bond donors (Lipinski definition) is 1. The second kappa shape index (κ2) is 8.64. The van der Waals surface area contributed by atoms with E-state index in [-0.39, 0.29) is 5.91 Å². The van der Waals surface area contributed by atoms with Gasteiger partial charge in [-0.2, -0.15) is 0 Å². The fraction of sp³-hybridized carbons (Fsp3) is 0.250. The quantitative estimate of drug-likeness (QED) is 0.663. The maximum Gasteiger partial charge on any atom is 0.257 e. The molecule has 27 heavy (non-hydrogen) atoms. The Morgan fingerprint density at radius 3 is 2.37 bits per heavy atom. The van der Waals surface area contributed by atoms with Gasteiger partial charge in [0, 0.05) is 18.1 Å². The molecular formula is C20H21N3O3S. The minimum atomic E-state index is -0.286. The van der Waals surface area contributed by atoms with E-state index in [1.165, 1.54) is 16.9 Å². The van der Waals surface area contributed by atoms with Gasteiger partial charge in [0.2, 0.25) is 5.13 Å². The Morgan fingerprint density at radius 1 is 1.07 bits per heavy atom. The first-order valence-corrected chi connectivity index (χ1v) is 9.32. The summed E-state index contributed by atoms with van der Waals surface area (Å²) >= 11 is 1.38. The number of carbonyl (C=O) groups excluding carboxylic acids is 1. The average molecular weight is 383 g/mol. The molecule has 0 spiro atoms. The van der Waals surface area contributed by atoms with Gasteiger partial charge in [-0.15, -0.1) is 10.2 Å². The van der Waals surface area contributed by atoms with E-state index in [2.05, 4.69) is 34.6 Å². The number of amides is 1. The maximum absolute atomic E-state index is 12.5. The first kappa shape index (κ1) is 18.8. The van der Waals surface area contributed by atoms with E-state index >= 15 is 0 Å². The molecule has 6 nitrogen and oxygen atoms in total. The molecule has 3 rings (SSSR count).